The molecule has 114 valence electrons. The molecule has 5 nitrogen and oxygen atoms in total. The van der Waals surface area contributed by atoms with Gasteiger partial charge in [-0.15, -0.1) is 0 Å². The molecule has 1 atom stereocenters. The molecule has 1 aromatic rings. The molecule has 21 heavy (non-hydrogen) atoms. The van der Waals surface area contributed by atoms with Crippen molar-refractivity contribution in [2.75, 3.05) is 33.7 Å². The summed E-state index contributed by atoms with van der Waals surface area (Å²) in [5.41, 5.74) is 1.75. The number of hydrogen-bond donors (Lipinski definition) is 1. The van der Waals surface area contributed by atoms with Crippen molar-refractivity contribution in [2.45, 2.75) is 13.0 Å². The summed E-state index contributed by atoms with van der Waals surface area (Å²) in [6.07, 6.45) is 0. The number of aryl methyl sites for hydroxylation is 1. The summed E-state index contributed by atoms with van der Waals surface area (Å²) in [5.74, 6) is -0.108. The van der Waals surface area contributed by atoms with Gasteiger partial charge in [-0.05, 0) is 41.1 Å². The van der Waals surface area contributed by atoms with E-state index >= 15 is 0 Å². The predicted molar refractivity (Wildman–Crippen MR) is 90.3 cm³/mol. The lowest BCUT2D eigenvalue weighted by molar-refractivity contribution is -0.134. The first kappa shape index (κ1) is 16.2. The van der Waals surface area contributed by atoms with Crippen LogP contribution in [0, 0.1) is 10.5 Å². The summed E-state index contributed by atoms with van der Waals surface area (Å²) in [6, 6.07) is 5.27. The van der Waals surface area contributed by atoms with Crippen LogP contribution in [0.25, 0.3) is 0 Å². The maximum absolute atomic E-state index is 12.8. The normalized spacial score (nSPS) is 18.5. The summed E-state index contributed by atoms with van der Waals surface area (Å²) in [6.45, 7) is 3.75. The zero-order chi connectivity index (χ0) is 15.6. The molecule has 0 aliphatic carbocycles. The van der Waals surface area contributed by atoms with Gasteiger partial charge in [-0.1, -0.05) is 12.1 Å². The first-order valence-electron chi connectivity index (χ1n) is 6.91. The highest BCUT2D eigenvalue weighted by atomic mass is 127. The van der Waals surface area contributed by atoms with Crippen LogP contribution in [0.4, 0.5) is 0 Å². The van der Waals surface area contributed by atoms with E-state index in [9.17, 15) is 9.59 Å². The van der Waals surface area contributed by atoms with Crippen LogP contribution >= 0.6 is 22.6 Å². The zero-order valence-electron chi connectivity index (χ0n) is 12.5. The Morgan fingerprint density at radius 1 is 1.38 bits per heavy atom. The molecule has 6 heteroatoms. The molecule has 1 N–H and O–H groups in total. The second kappa shape index (κ2) is 6.74. The number of carbonyl (C=O) groups excluding carboxylic acids is 2. The predicted octanol–water partition coefficient (Wildman–Crippen LogP) is 1.10. The van der Waals surface area contributed by atoms with Crippen LogP contribution in [0.1, 0.15) is 15.9 Å². The quantitative estimate of drug-likeness (QED) is 0.756. The zero-order valence-corrected chi connectivity index (χ0v) is 14.7. The maximum Gasteiger partial charge on any atom is 0.255 e. The smallest absolute Gasteiger partial charge is 0.255 e. The molecular weight excluding hydrogens is 381 g/mol. The van der Waals surface area contributed by atoms with Crippen molar-refractivity contribution >= 4 is 34.4 Å². The van der Waals surface area contributed by atoms with Crippen molar-refractivity contribution in [1.29, 1.82) is 0 Å². The number of halogens is 1. The molecule has 1 saturated heterocycles. The van der Waals surface area contributed by atoms with E-state index in [-0.39, 0.29) is 11.8 Å². The van der Waals surface area contributed by atoms with Gasteiger partial charge in [0.2, 0.25) is 5.91 Å². The van der Waals surface area contributed by atoms with Gasteiger partial charge in [-0.2, -0.15) is 0 Å². The number of hydrogen-bond acceptors (Lipinski definition) is 3. The summed E-state index contributed by atoms with van der Waals surface area (Å²) in [7, 11) is 3.44. The molecule has 0 saturated carbocycles. The average Bonchev–Trinajstić information content (AvgIpc) is 2.48. The van der Waals surface area contributed by atoms with Gasteiger partial charge in [0, 0.05) is 37.3 Å². The molecular formula is C15H20IN3O2. The van der Waals surface area contributed by atoms with Gasteiger partial charge in [-0.3, -0.25) is 9.59 Å². The minimum atomic E-state index is -0.433. The minimum Gasteiger partial charge on any atom is -0.347 e. The highest BCUT2D eigenvalue weighted by molar-refractivity contribution is 14.1. The fourth-order valence-electron chi connectivity index (χ4n) is 2.43. The number of rotatable bonds is 2. The van der Waals surface area contributed by atoms with E-state index in [1.807, 2.05) is 25.1 Å². The summed E-state index contributed by atoms with van der Waals surface area (Å²) < 4.78 is 0.953. The molecule has 1 aliphatic rings. The van der Waals surface area contributed by atoms with Gasteiger partial charge in [-0.25, -0.2) is 0 Å². The molecule has 2 amide bonds. The third-order valence-corrected chi connectivity index (χ3v) is 5.08. The number of likely N-dealkylation sites (N-methyl/N-ethyl adjacent to an activating group) is 1. The van der Waals surface area contributed by atoms with Crippen LogP contribution < -0.4 is 5.32 Å². The number of nitrogens with zero attached hydrogens (tertiary/aromatic N) is 2. The molecule has 1 unspecified atom stereocenters. The highest BCUT2D eigenvalue weighted by Gasteiger charge is 2.34. The topological polar surface area (TPSA) is 52.7 Å². The Bertz CT molecular complexity index is 560. The summed E-state index contributed by atoms with van der Waals surface area (Å²) in [4.78, 5) is 28.4. The number of piperazine rings is 1. The second-order valence-corrected chi connectivity index (χ2v) is 6.47. The standard InChI is InChI=1S/C15H20IN3O2/c1-10-5-4-6-11(13(10)16)14(20)19-8-7-17-9-12(19)15(21)18(2)3/h4-6,12,17H,7-9H2,1-3H3. The fraction of sp³-hybridized carbons (Fsp3) is 0.467. The molecule has 1 aliphatic heterocycles. The molecule has 0 bridgehead atoms. The van der Waals surface area contributed by atoms with E-state index in [1.54, 1.807) is 23.9 Å². The number of nitrogens with one attached hydrogen (secondary N) is 1. The van der Waals surface area contributed by atoms with Gasteiger partial charge in [0.15, 0.2) is 0 Å². The van der Waals surface area contributed by atoms with Crippen molar-refractivity contribution < 1.29 is 9.59 Å². The van der Waals surface area contributed by atoms with E-state index < -0.39 is 6.04 Å². The van der Waals surface area contributed by atoms with Crippen LogP contribution in [-0.2, 0) is 4.79 Å². The Kier molecular flexibility index (Phi) is 5.21. The van der Waals surface area contributed by atoms with Gasteiger partial charge in [0.05, 0.1) is 5.56 Å². The third-order valence-electron chi connectivity index (χ3n) is 3.65. The van der Waals surface area contributed by atoms with Crippen LogP contribution in [0.5, 0.6) is 0 Å². The SMILES string of the molecule is Cc1cccc(C(=O)N2CCNCC2C(=O)N(C)C)c1I. The third kappa shape index (κ3) is 3.37. The van der Waals surface area contributed by atoms with Gasteiger partial charge < -0.3 is 15.1 Å². The van der Waals surface area contributed by atoms with Gasteiger partial charge in [0.1, 0.15) is 6.04 Å². The lowest BCUT2D eigenvalue weighted by atomic mass is 10.1. The second-order valence-electron chi connectivity index (χ2n) is 5.39. The largest absolute Gasteiger partial charge is 0.347 e. The van der Waals surface area contributed by atoms with Gasteiger partial charge >= 0.3 is 0 Å². The lowest BCUT2D eigenvalue weighted by Gasteiger charge is -2.36. The molecule has 1 heterocycles. The van der Waals surface area contributed by atoms with Crippen molar-refractivity contribution in [2.24, 2.45) is 0 Å². The van der Waals surface area contributed by atoms with Crippen molar-refractivity contribution in [3.05, 3.63) is 32.9 Å². The Balaban J connectivity index is 2.31. The van der Waals surface area contributed by atoms with Crippen molar-refractivity contribution in [3.63, 3.8) is 0 Å². The maximum atomic E-state index is 12.8. The number of benzene rings is 1. The first-order chi connectivity index (χ1) is 9.93. The summed E-state index contributed by atoms with van der Waals surface area (Å²) >= 11 is 2.20. The molecule has 0 radical (unpaired) electrons. The van der Waals surface area contributed by atoms with E-state index in [0.29, 0.717) is 25.2 Å². The molecule has 0 spiro atoms. The average molecular weight is 401 g/mol. The minimum absolute atomic E-state index is 0.0433. The molecule has 0 aromatic heterocycles. The first-order valence-corrected chi connectivity index (χ1v) is 7.99. The lowest BCUT2D eigenvalue weighted by Crippen LogP contribution is -2.59. The van der Waals surface area contributed by atoms with E-state index in [1.165, 1.54) is 0 Å². The van der Waals surface area contributed by atoms with E-state index in [2.05, 4.69) is 27.9 Å². The molecule has 1 fully saturated rings. The Morgan fingerprint density at radius 2 is 2.10 bits per heavy atom. The van der Waals surface area contributed by atoms with Crippen molar-refractivity contribution in [3.8, 4) is 0 Å². The Labute approximate surface area is 138 Å². The van der Waals surface area contributed by atoms with Crippen molar-refractivity contribution in [1.82, 2.24) is 15.1 Å². The number of amides is 2. The monoisotopic (exact) mass is 401 g/mol. The summed E-state index contributed by atoms with van der Waals surface area (Å²) in [5, 5.41) is 3.19. The highest BCUT2D eigenvalue weighted by Crippen LogP contribution is 2.20. The van der Waals surface area contributed by atoms with E-state index in [0.717, 1.165) is 9.13 Å². The Hall–Kier alpha value is -1.15. The number of carbonyl (C=O) groups is 2. The van der Waals surface area contributed by atoms with E-state index in [4.69, 9.17) is 0 Å². The fourth-order valence-corrected chi connectivity index (χ4v) is 3.02. The van der Waals surface area contributed by atoms with Gasteiger partial charge in [0.25, 0.3) is 5.91 Å². The van der Waals surface area contributed by atoms with Crippen LogP contribution in [0.3, 0.4) is 0 Å². The van der Waals surface area contributed by atoms with Crippen LogP contribution in [0.15, 0.2) is 18.2 Å². The molecule has 1 aromatic carbocycles. The van der Waals surface area contributed by atoms with Crippen LogP contribution in [0.2, 0.25) is 0 Å². The molecule has 2 rings (SSSR count). The van der Waals surface area contributed by atoms with Crippen LogP contribution in [-0.4, -0.2) is 61.4 Å². The Morgan fingerprint density at radius 3 is 2.76 bits per heavy atom.